The number of H-pyrrole nitrogens is 1. The number of benzene rings is 3. The Hall–Kier alpha value is -4.39. The number of imidazole rings is 1. The standard InChI is InChI=1S/C23H17N3O4/c27-16-8-5-14(6-9-16)22(28)26-20-11-15(7-10-19(20)23(29)30)17-3-1-2-4-18(17)21-12-24-13-25-21/h1-13,27H,(H,24,25)(H,26,28)(H,29,30). The summed E-state index contributed by atoms with van der Waals surface area (Å²) in [5.41, 5.74) is 3.77. The van der Waals surface area contributed by atoms with Crippen LogP contribution in [0.5, 0.6) is 5.75 Å². The predicted molar refractivity (Wildman–Crippen MR) is 112 cm³/mol. The van der Waals surface area contributed by atoms with Gasteiger partial charge in [-0.05, 0) is 47.5 Å². The molecule has 0 aliphatic rings. The number of hydrogen-bond acceptors (Lipinski definition) is 4. The minimum atomic E-state index is -1.15. The van der Waals surface area contributed by atoms with Crippen molar-refractivity contribution in [3.63, 3.8) is 0 Å². The maximum Gasteiger partial charge on any atom is 0.337 e. The van der Waals surface area contributed by atoms with Crippen molar-refractivity contribution in [1.82, 2.24) is 9.97 Å². The number of carbonyl (C=O) groups is 2. The lowest BCUT2D eigenvalue weighted by molar-refractivity contribution is 0.0698. The average molecular weight is 399 g/mol. The Bertz CT molecular complexity index is 1220. The number of aromatic nitrogens is 2. The number of rotatable bonds is 5. The van der Waals surface area contributed by atoms with E-state index in [2.05, 4.69) is 15.3 Å². The van der Waals surface area contributed by atoms with Gasteiger partial charge in [0.05, 0.1) is 29.5 Å². The van der Waals surface area contributed by atoms with Crippen molar-refractivity contribution >= 4 is 17.6 Å². The second-order valence-corrected chi connectivity index (χ2v) is 6.58. The summed E-state index contributed by atoms with van der Waals surface area (Å²) in [6, 6.07) is 18.1. The number of nitrogens with one attached hydrogen (secondary N) is 2. The number of aromatic carboxylic acids is 1. The fourth-order valence-corrected chi connectivity index (χ4v) is 3.18. The van der Waals surface area contributed by atoms with Crippen LogP contribution in [-0.4, -0.2) is 32.1 Å². The van der Waals surface area contributed by atoms with Crippen LogP contribution in [0, 0.1) is 0 Å². The number of phenolic OH excluding ortho intramolecular Hbond substituents is 1. The number of carboxylic acids is 1. The molecule has 1 aromatic heterocycles. The fraction of sp³-hybridized carbons (Fsp3) is 0. The molecule has 4 rings (SSSR count). The van der Waals surface area contributed by atoms with Crippen LogP contribution in [0.3, 0.4) is 0 Å². The molecule has 7 heteroatoms. The number of nitrogens with zero attached hydrogens (tertiary/aromatic N) is 1. The van der Waals surface area contributed by atoms with Crippen LogP contribution >= 0.6 is 0 Å². The highest BCUT2D eigenvalue weighted by atomic mass is 16.4. The van der Waals surface area contributed by atoms with Gasteiger partial charge in [0, 0.05) is 11.1 Å². The fourth-order valence-electron chi connectivity index (χ4n) is 3.18. The summed E-state index contributed by atoms with van der Waals surface area (Å²) in [6.45, 7) is 0. The zero-order chi connectivity index (χ0) is 21.1. The lowest BCUT2D eigenvalue weighted by Gasteiger charge is -2.13. The van der Waals surface area contributed by atoms with E-state index >= 15 is 0 Å². The van der Waals surface area contributed by atoms with E-state index in [9.17, 15) is 19.8 Å². The Morgan fingerprint density at radius 3 is 2.33 bits per heavy atom. The van der Waals surface area contributed by atoms with E-state index in [0.29, 0.717) is 5.56 Å². The lowest BCUT2D eigenvalue weighted by Crippen LogP contribution is -2.14. The van der Waals surface area contributed by atoms with Crippen LogP contribution in [0.15, 0.2) is 79.3 Å². The molecule has 148 valence electrons. The smallest absolute Gasteiger partial charge is 0.337 e. The number of anilines is 1. The number of aromatic hydroxyl groups is 1. The molecule has 0 radical (unpaired) electrons. The largest absolute Gasteiger partial charge is 0.508 e. The minimum Gasteiger partial charge on any atom is -0.508 e. The van der Waals surface area contributed by atoms with Gasteiger partial charge in [0.15, 0.2) is 0 Å². The van der Waals surface area contributed by atoms with E-state index in [1.165, 1.54) is 30.3 Å². The van der Waals surface area contributed by atoms with Crippen molar-refractivity contribution in [3.05, 3.63) is 90.4 Å². The first-order valence-corrected chi connectivity index (χ1v) is 9.09. The summed E-state index contributed by atoms with van der Waals surface area (Å²) in [6.07, 6.45) is 3.29. The monoisotopic (exact) mass is 399 g/mol. The van der Waals surface area contributed by atoms with Crippen molar-refractivity contribution in [2.45, 2.75) is 0 Å². The SMILES string of the molecule is O=C(Nc1cc(-c2ccccc2-c2cnc[nH]2)ccc1C(=O)O)c1ccc(O)cc1. The van der Waals surface area contributed by atoms with E-state index in [1.807, 2.05) is 24.3 Å². The van der Waals surface area contributed by atoms with Gasteiger partial charge in [-0.1, -0.05) is 30.3 Å². The van der Waals surface area contributed by atoms with Gasteiger partial charge in [0.1, 0.15) is 5.75 Å². The number of hydrogen-bond donors (Lipinski definition) is 4. The topological polar surface area (TPSA) is 115 Å². The predicted octanol–water partition coefficient (Wildman–Crippen LogP) is 4.40. The number of amides is 1. The van der Waals surface area contributed by atoms with Crippen LogP contribution in [0.4, 0.5) is 5.69 Å². The third kappa shape index (κ3) is 3.77. The summed E-state index contributed by atoms with van der Waals surface area (Å²) in [5, 5.41) is 21.6. The summed E-state index contributed by atoms with van der Waals surface area (Å²) in [4.78, 5) is 31.4. The van der Waals surface area contributed by atoms with E-state index in [-0.39, 0.29) is 17.0 Å². The minimum absolute atomic E-state index is 0.0232. The molecule has 3 aromatic carbocycles. The van der Waals surface area contributed by atoms with Crippen molar-refractivity contribution in [3.8, 4) is 28.1 Å². The molecule has 30 heavy (non-hydrogen) atoms. The highest BCUT2D eigenvalue weighted by Gasteiger charge is 2.16. The van der Waals surface area contributed by atoms with Gasteiger partial charge in [-0.2, -0.15) is 0 Å². The second-order valence-electron chi connectivity index (χ2n) is 6.58. The molecule has 4 N–H and O–H groups in total. The Balaban J connectivity index is 1.75. The summed E-state index contributed by atoms with van der Waals surface area (Å²) in [7, 11) is 0. The number of phenols is 1. The molecule has 7 nitrogen and oxygen atoms in total. The molecule has 0 spiro atoms. The van der Waals surface area contributed by atoms with Gasteiger partial charge in [0.2, 0.25) is 0 Å². The van der Waals surface area contributed by atoms with E-state index in [0.717, 1.165) is 22.4 Å². The average Bonchev–Trinajstić information content (AvgIpc) is 3.29. The van der Waals surface area contributed by atoms with E-state index in [1.54, 1.807) is 24.7 Å². The number of carbonyl (C=O) groups excluding carboxylic acids is 1. The van der Waals surface area contributed by atoms with Crippen molar-refractivity contribution < 1.29 is 19.8 Å². The van der Waals surface area contributed by atoms with Gasteiger partial charge in [-0.3, -0.25) is 4.79 Å². The van der Waals surface area contributed by atoms with Gasteiger partial charge in [-0.15, -0.1) is 0 Å². The van der Waals surface area contributed by atoms with Gasteiger partial charge < -0.3 is 20.5 Å². The molecular formula is C23H17N3O4. The summed E-state index contributed by atoms with van der Waals surface area (Å²) >= 11 is 0. The molecule has 1 heterocycles. The molecule has 1 amide bonds. The summed E-state index contributed by atoms with van der Waals surface area (Å²) < 4.78 is 0. The first kappa shape index (κ1) is 18.9. The van der Waals surface area contributed by atoms with Crippen LogP contribution in [0.25, 0.3) is 22.4 Å². The molecule has 0 aliphatic heterocycles. The van der Waals surface area contributed by atoms with Crippen LogP contribution in [0.2, 0.25) is 0 Å². The molecule has 0 fully saturated rings. The maximum absolute atomic E-state index is 12.6. The maximum atomic E-state index is 12.6. The Labute approximate surface area is 171 Å². The Morgan fingerprint density at radius 1 is 0.933 bits per heavy atom. The normalized spacial score (nSPS) is 10.5. The molecule has 0 aliphatic carbocycles. The number of aromatic amines is 1. The Morgan fingerprint density at radius 2 is 1.67 bits per heavy atom. The zero-order valence-electron chi connectivity index (χ0n) is 15.7. The van der Waals surface area contributed by atoms with Crippen molar-refractivity contribution in [2.75, 3.05) is 5.32 Å². The molecule has 0 saturated heterocycles. The third-order valence-corrected chi connectivity index (χ3v) is 4.65. The van der Waals surface area contributed by atoms with Gasteiger partial charge in [-0.25, -0.2) is 9.78 Å². The third-order valence-electron chi connectivity index (χ3n) is 4.65. The van der Waals surface area contributed by atoms with Crippen molar-refractivity contribution in [1.29, 1.82) is 0 Å². The van der Waals surface area contributed by atoms with Crippen LogP contribution < -0.4 is 5.32 Å². The van der Waals surface area contributed by atoms with Gasteiger partial charge >= 0.3 is 5.97 Å². The lowest BCUT2D eigenvalue weighted by atomic mass is 9.96. The van der Waals surface area contributed by atoms with E-state index < -0.39 is 11.9 Å². The molecule has 4 aromatic rings. The van der Waals surface area contributed by atoms with Crippen molar-refractivity contribution in [2.24, 2.45) is 0 Å². The number of carboxylic acid groups (broad SMARTS) is 1. The highest BCUT2D eigenvalue weighted by molar-refractivity contribution is 6.08. The van der Waals surface area contributed by atoms with Crippen LogP contribution in [0.1, 0.15) is 20.7 Å². The van der Waals surface area contributed by atoms with E-state index in [4.69, 9.17) is 0 Å². The van der Waals surface area contributed by atoms with Gasteiger partial charge in [0.25, 0.3) is 5.91 Å². The first-order valence-electron chi connectivity index (χ1n) is 9.09. The quantitative estimate of drug-likeness (QED) is 0.397. The molecule has 0 atom stereocenters. The molecule has 0 bridgehead atoms. The highest BCUT2D eigenvalue weighted by Crippen LogP contribution is 2.33. The van der Waals surface area contributed by atoms with Crippen LogP contribution in [-0.2, 0) is 0 Å². The molecule has 0 unspecified atom stereocenters. The Kier molecular flexibility index (Phi) is 5.00. The zero-order valence-corrected chi connectivity index (χ0v) is 15.7. The second kappa shape index (κ2) is 7.92. The summed E-state index contributed by atoms with van der Waals surface area (Å²) in [5.74, 6) is -1.59. The molecule has 0 saturated carbocycles. The first-order chi connectivity index (χ1) is 14.5. The molecular weight excluding hydrogens is 382 g/mol.